The largest absolute Gasteiger partial charge is 0.494 e. The lowest BCUT2D eigenvalue weighted by Crippen LogP contribution is -2.00. The number of fused-ring (bicyclic) bond motifs is 1. The molecule has 0 radical (unpaired) electrons. The molecule has 0 saturated carbocycles. The molecule has 3 rings (SSSR count). The van der Waals surface area contributed by atoms with E-state index < -0.39 is 5.97 Å². The lowest BCUT2D eigenvalue weighted by molar-refractivity contribution is 0.0603. The molecule has 0 atom stereocenters. The zero-order valence-electron chi connectivity index (χ0n) is 12.6. The van der Waals surface area contributed by atoms with Crippen LogP contribution < -0.4 is 4.74 Å². The monoisotopic (exact) mass is 347 g/mol. The Kier molecular flexibility index (Phi) is 4.50. The second-order valence-electron chi connectivity index (χ2n) is 4.77. The van der Waals surface area contributed by atoms with Gasteiger partial charge in [0, 0.05) is 10.9 Å². The maximum absolute atomic E-state index is 11.8. The minimum Gasteiger partial charge on any atom is -0.494 e. The number of hydrogen-bond acceptors (Lipinski definition) is 5. The van der Waals surface area contributed by atoms with Crippen LogP contribution in [0.3, 0.4) is 0 Å². The van der Waals surface area contributed by atoms with Gasteiger partial charge in [-0.3, -0.25) is 0 Å². The summed E-state index contributed by atoms with van der Waals surface area (Å²) in [4.78, 5) is 16.4. The van der Waals surface area contributed by atoms with Crippen molar-refractivity contribution < 1.29 is 14.3 Å². The maximum Gasteiger partial charge on any atom is 0.340 e. The van der Waals surface area contributed by atoms with Crippen molar-refractivity contribution in [3.05, 3.63) is 46.3 Å². The number of nitrogens with zero attached hydrogens (tertiary/aromatic N) is 1. The van der Waals surface area contributed by atoms with Crippen LogP contribution >= 0.6 is 22.9 Å². The Labute approximate surface area is 142 Å². The van der Waals surface area contributed by atoms with Gasteiger partial charge in [0.05, 0.1) is 40.2 Å². The van der Waals surface area contributed by atoms with Crippen LogP contribution in [0.15, 0.2) is 35.7 Å². The molecule has 0 aliphatic carbocycles. The van der Waals surface area contributed by atoms with Crippen LogP contribution in [0.25, 0.3) is 21.5 Å². The van der Waals surface area contributed by atoms with Crippen molar-refractivity contribution in [3.63, 3.8) is 0 Å². The van der Waals surface area contributed by atoms with Crippen LogP contribution in [0.5, 0.6) is 5.75 Å². The van der Waals surface area contributed by atoms with Crippen molar-refractivity contribution >= 4 is 39.1 Å². The molecule has 0 saturated heterocycles. The molecule has 4 nitrogen and oxygen atoms in total. The van der Waals surface area contributed by atoms with Crippen LogP contribution in [0, 0.1) is 0 Å². The first-order valence-electron chi connectivity index (χ1n) is 7.03. The van der Waals surface area contributed by atoms with Crippen LogP contribution in [-0.4, -0.2) is 24.7 Å². The molecule has 6 heteroatoms. The normalized spacial score (nSPS) is 10.7. The molecule has 0 fully saturated rings. The Morgan fingerprint density at radius 1 is 1.30 bits per heavy atom. The van der Waals surface area contributed by atoms with Crippen LogP contribution in [0.4, 0.5) is 0 Å². The van der Waals surface area contributed by atoms with Gasteiger partial charge in [0.15, 0.2) is 0 Å². The number of halogens is 1. The number of thiophene rings is 1. The number of esters is 1. The molecule has 0 bridgehead atoms. The Balaban J connectivity index is 2.09. The number of pyridine rings is 1. The van der Waals surface area contributed by atoms with Gasteiger partial charge < -0.3 is 9.47 Å². The van der Waals surface area contributed by atoms with E-state index in [9.17, 15) is 4.79 Å². The summed E-state index contributed by atoms with van der Waals surface area (Å²) in [7, 11) is 1.35. The molecule has 0 aliphatic rings. The van der Waals surface area contributed by atoms with Gasteiger partial charge in [-0.2, -0.15) is 0 Å². The first-order chi connectivity index (χ1) is 11.1. The summed E-state index contributed by atoms with van der Waals surface area (Å²) < 4.78 is 11.0. The van der Waals surface area contributed by atoms with Gasteiger partial charge in [0.1, 0.15) is 5.75 Å². The van der Waals surface area contributed by atoms with E-state index in [1.807, 2.05) is 31.2 Å². The minimum absolute atomic E-state index is 0.413. The average molecular weight is 348 g/mol. The highest BCUT2D eigenvalue weighted by Crippen LogP contribution is 2.34. The molecule has 0 spiro atoms. The quantitative estimate of drug-likeness (QED) is 0.636. The number of aromatic nitrogens is 1. The number of methoxy groups -OCH3 is 1. The van der Waals surface area contributed by atoms with Gasteiger partial charge >= 0.3 is 5.97 Å². The van der Waals surface area contributed by atoms with E-state index in [0.717, 1.165) is 16.0 Å². The third-order valence-electron chi connectivity index (χ3n) is 3.34. The standard InChI is InChI=1S/C17H14ClNO3S/c1-3-22-11-6-4-10(5-7-11)14-8-13(18)16-15(19-14)12(9-23-16)17(20)21-2/h4-9H,3H2,1-2H3. The molecule has 3 aromatic rings. The molecule has 23 heavy (non-hydrogen) atoms. The summed E-state index contributed by atoms with van der Waals surface area (Å²) in [5, 5.41) is 2.29. The summed E-state index contributed by atoms with van der Waals surface area (Å²) in [6, 6.07) is 9.40. The number of ether oxygens (including phenoxy) is 2. The highest BCUT2D eigenvalue weighted by Gasteiger charge is 2.17. The van der Waals surface area contributed by atoms with E-state index in [0.29, 0.717) is 28.4 Å². The van der Waals surface area contributed by atoms with Gasteiger partial charge in [0.2, 0.25) is 0 Å². The first-order valence-corrected chi connectivity index (χ1v) is 8.29. The molecule has 2 aromatic heterocycles. The fraction of sp³-hybridized carbons (Fsp3) is 0.176. The van der Waals surface area contributed by atoms with Gasteiger partial charge in [-0.1, -0.05) is 11.6 Å². The molecule has 118 valence electrons. The summed E-state index contributed by atoms with van der Waals surface area (Å²) in [5.41, 5.74) is 2.61. The number of carbonyl (C=O) groups is 1. The summed E-state index contributed by atoms with van der Waals surface area (Å²) in [5.74, 6) is 0.387. The second-order valence-corrected chi connectivity index (χ2v) is 6.05. The molecule has 0 N–H and O–H groups in total. The number of rotatable bonds is 4. The van der Waals surface area contributed by atoms with Crippen molar-refractivity contribution in [2.75, 3.05) is 13.7 Å². The molecule has 0 aliphatic heterocycles. The smallest absolute Gasteiger partial charge is 0.340 e. The highest BCUT2D eigenvalue weighted by molar-refractivity contribution is 7.18. The van der Waals surface area contributed by atoms with Gasteiger partial charge in [-0.05, 0) is 37.3 Å². The van der Waals surface area contributed by atoms with E-state index in [1.54, 1.807) is 11.4 Å². The highest BCUT2D eigenvalue weighted by atomic mass is 35.5. The predicted molar refractivity (Wildman–Crippen MR) is 92.6 cm³/mol. The summed E-state index contributed by atoms with van der Waals surface area (Å²) >= 11 is 7.73. The third kappa shape index (κ3) is 3.02. The zero-order valence-corrected chi connectivity index (χ0v) is 14.2. The molecule has 2 heterocycles. The van der Waals surface area contributed by atoms with Crippen molar-refractivity contribution in [2.24, 2.45) is 0 Å². The number of hydrogen-bond donors (Lipinski definition) is 0. The topological polar surface area (TPSA) is 48.4 Å². The Hall–Kier alpha value is -2.11. The SMILES string of the molecule is CCOc1ccc(-c2cc(Cl)c3scc(C(=O)OC)c3n2)cc1. The van der Waals surface area contributed by atoms with Gasteiger partial charge in [0.25, 0.3) is 0 Å². The molecule has 0 amide bonds. The van der Waals surface area contributed by atoms with E-state index in [-0.39, 0.29) is 0 Å². The minimum atomic E-state index is -0.413. The van der Waals surface area contributed by atoms with Crippen molar-refractivity contribution in [1.29, 1.82) is 0 Å². The predicted octanol–water partition coefficient (Wildman–Crippen LogP) is 4.80. The van der Waals surface area contributed by atoms with Crippen LogP contribution in [-0.2, 0) is 4.74 Å². The maximum atomic E-state index is 11.8. The van der Waals surface area contributed by atoms with Crippen LogP contribution in [0.2, 0.25) is 5.02 Å². The van der Waals surface area contributed by atoms with Crippen molar-refractivity contribution in [2.45, 2.75) is 6.92 Å². The van der Waals surface area contributed by atoms with E-state index in [2.05, 4.69) is 4.98 Å². The van der Waals surface area contributed by atoms with Gasteiger partial charge in [-0.25, -0.2) is 9.78 Å². The average Bonchev–Trinajstić information content (AvgIpc) is 2.99. The first kappa shape index (κ1) is 15.8. The van der Waals surface area contributed by atoms with Crippen molar-refractivity contribution in [3.8, 4) is 17.0 Å². The van der Waals surface area contributed by atoms with Crippen molar-refractivity contribution in [1.82, 2.24) is 4.98 Å². The molecule has 0 unspecified atom stereocenters. The second kappa shape index (κ2) is 6.56. The lowest BCUT2D eigenvalue weighted by atomic mass is 10.1. The summed E-state index contributed by atoms with van der Waals surface area (Å²) in [6.07, 6.45) is 0. The Morgan fingerprint density at radius 3 is 2.70 bits per heavy atom. The summed E-state index contributed by atoms with van der Waals surface area (Å²) in [6.45, 7) is 2.56. The van der Waals surface area contributed by atoms with E-state index >= 15 is 0 Å². The number of carbonyl (C=O) groups excluding carboxylic acids is 1. The molecular formula is C17H14ClNO3S. The Morgan fingerprint density at radius 2 is 2.04 bits per heavy atom. The van der Waals surface area contributed by atoms with Crippen LogP contribution in [0.1, 0.15) is 17.3 Å². The van der Waals surface area contributed by atoms with E-state index in [4.69, 9.17) is 21.1 Å². The van der Waals surface area contributed by atoms with E-state index in [1.165, 1.54) is 18.4 Å². The lowest BCUT2D eigenvalue weighted by Gasteiger charge is -2.06. The molecule has 1 aromatic carbocycles. The zero-order chi connectivity index (χ0) is 16.4. The fourth-order valence-corrected chi connectivity index (χ4v) is 3.47. The molecular weight excluding hydrogens is 334 g/mol. The number of benzene rings is 1. The fourth-order valence-electron chi connectivity index (χ4n) is 2.26. The third-order valence-corrected chi connectivity index (χ3v) is 4.76. The Bertz CT molecular complexity index is 858. The van der Waals surface area contributed by atoms with Gasteiger partial charge in [-0.15, -0.1) is 11.3 Å².